The zero-order valence-electron chi connectivity index (χ0n) is 38.6. The lowest BCUT2D eigenvalue weighted by atomic mass is 10.1. The summed E-state index contributed by atoms with van der Waals surface area (Å²) in [5.41, 5.74) is 0. The van der Waals surface area contributed by atoms with Gasteiger partial charge in [-0.1, -0.05) is 212 Å². The summed E-state index contributed by atoms with van der Waals surface area (Å²) in [7, 11) is 0. The van der Waals surface area contributed by atoms with E-state index < -0.39 is 6.10 Å². The fourth-order valence-corrected chi connectivity index (χ4v) is 5.87. The molecule has 0 aromatic carbocycles. The van der Waals surface area contributed by atoms with Gasteiger partial charge in [-0.2, -0.15) is 0 Å². The van der Waals surface area contributed by atoms with E-state index in [2.05, 4.69) is 99.8 Å². The first-order valence-electron chi connectivity index (χ1n) is 23.8. The first kappa shape index (κ1) is 56.5. The van der Waals surface area contributed by atoms with Crippen molar-refractivity contribution in [3.63, 3.8) is 0 Å². The molecule has 0 radical (unpaired) electrons. The van der Waals surface area contributed by atoms with Crippen molar-refractivity contribution in [2.75, 3.05) is 13.2 Å². The van der Waals surface area contributed by atoms with E-state index in [4.69, 9.17) is 14.2 Å². The van der Waals surface area contributed by atoms with Gasteiger partial charge in [-0.25, -0.2) is 0 Å². The highest BCUT2D eigenvalue weighted by molar-refractivity contribution is 5.71. The number of unbranched alkanes of at least 4 members (excludes halogenated alkanes) is 15. The normalized spacial score (nSPS) is 13.3. The number of carbonyl (C=O) groups is 3. The Labute approximate surface area is 373 Å². The number of carbonyl (C=O) groups excluding carboxylic acids is 3. The van der Waals surface area contributed by atoms with Crippen molar-refractivity contribution in [2.45, 2.75) is 181 Å². The zero-order valence-corrected chi connectivity index (χ0v) is 38.6. The maximum atomic E-state index is 12.8. The van der Waals surface area contributed by atoms with Crippen LogP contribution in [0.25, 0.3) is 0 Å². The fourth-order valence-electron chi connectivity index (χ4n) is 5.87. The van der Waals surface area contributed by atoms with Gasteiger partial charge in [-0.15, -0.1) is 0 Å². The molecule has 0 aliphatic carbocycles. The molecule has 0 bridgehead atoms. The van der Waals surface area contributed by atoms with Crippen LogP contribution in [0.1, 0.15) is 175 Å². The molecule has 6 nitrogen and oxygen atoms in total. The van der Waals surface area contributed by atoms with Crippen LogP contribution in [0.3, 0.4) is 0 Å². The number of allylic oxidation sites excluding steroid dienone is 22. The Kier molecular flexibility index (Phi) is 44.7. The second-order valence-electron chi connectivity index (χ2n) is 15.1. The molecule has 0 amide bonds. The number of esters is 3. The van der Waals surface area contributed by atoms with Crippen LogP contribution in [-0.2, 0) is 28.6 Å². The number of hydrogen-bond donors (Lipinski definition) is 0. The van der Waals surface area contributed by atoms with E-state index in [1.807, 2.05) is 54.7 Å². The summed E-state index contributed by atoms with van der Waals surface area (Å²) >= 11 is 0. The summed E-state index contributed by atoms with van der Waals surface area (Å²) in [6, 6.07) is 0. The summed E-state index contributed by atoms with van der Waals surface area (Å²) in [4.78, 5) is 37.9. The fraction of sp³-hybridized carbons (Fsp3) is 0.545. The van der Waals surface area contributed by atoms with Gasteiger partial charge < -0.3 is 14.2 Å². The van der Waals surface area contributed by atoms with Crippen molar-refractivity contribution in [1.82, 2.24) is 0 Å². The second-order valence-corrected chi connectivity index (χ2v) is 15.1. The molecule has 6 heteroatoms. The average molecular weight is 841 g/mol. The van der Waals surface area contributed by atoms with E-state index in [0.29, 0.717) is 12.8 Å². The minimum atomic E-state index is -0.813. The third-order valence-corrected chi connectivity index (χ3v) is 9.38. The van der Waals surface area contributed by atoms with Gasteiger partial charge in [-0.05, 0) is 77.0 Å². The van der Waals surface area contributed by atoms with Gasteiger partial charge in [-0.3, -0.25) is 14.4 Å². The first-order valence-corrected chi connectivity index (χ1v) is 23.8. The van der Waals surface area contributed by atoms with E-state index >= 15 is 0 Å². The maximum absolute atomic E-state index is 12.8. The SMILES string of the molecule is CC\C=C/C=C\C=C/C=C\CCCCCCCC(=O)OCC(COC(=O)CCCCCCC\C=C/C=C\C=C/CC)OC(=O)CCCCCCC\C=C/C=C\C=C/C=C\CC. The molecular formula is C55H84O6. The van der Waals surface area contributed by atoms with Gasteiger partial charge >= 0.3 is 17.9 Å². The molecule has 0 aromatic rings. The standard InChI is InChI=1S/C55H84O6/c1-4-7-10-13-16-19-22-25-27-30-33-36-39-42-45-48-54(57)60-51-52(50-59-53(56)47-44-41-38-35-32-29-24-21-18-15-12-9-6-3)61-55(58)49-46-43-40-37-34-31-28-26-23-20-17-14-11-8-5-2/h7-28,52H,4-6,29-51H2,1-3H3/b10-7-,11-8-,12-9-,16-13-,17-14-,18-15-,22-19-,23-20-,24-21-,27-25-,28-26-. The molecule has 0 aliphatic heterocycles. The van der Waals surface area contributed by atoms with Crippen molar-refractivity contribution in [3.8, 4) is 0 Å². The molecule has 0 aliphatic rings. The van der Waals surface area contributed by atoms with E-state index in [9.17, 15) is 14.4 Å². The van der Waals surface area contributed by atoms with Crippen LogP contribution in [-0.4, -0.2) is 37.2 Å². The number of hydrogen-bond acceptors (Lipinski definition) is 6. The van der Waals surface area contributed by atoms with Gasteiger partial charge in [0.05, 0.1) is 0 Å². The van der Waals surface area contributed by atoms with Gasteiger partial charge in [0.1, 0.15) is 13.2 Å². The molecule has 0 aromatic heterocycles. The van der Waals surface area contributed by atoms with Crippen LogP contribution in [0.15, 0.2) is 134 Å². The predicted molar refractivity (Wildman–Crippen MR) is 260 cm³/mol. The summed E-state index contributed by atoms with van der Waals surface area (Å²) < 4.78 is 16.7. The topological polar surface area (TPSA) is 78.9 Å². The van der Waals surface area contributed by atoms with Crippen molar-refractivity contribution in [2.24, 2.45) is 0 Å². The van der Waals surface area contributed by atoms with Gasteiger partial charge in [0.15, 0.2) is 6.10 Å². The Morgan fingerprint density at radius 1 is 0.328 bits per heavy atom. The Morgan fingerprint density at radius 3 is 0.918 bits per heavy atom. The molecule has 61 heavy (non-hydrogen) atoms. The maximum Gasteiger partial charge on any atom is 0.306 e. The van der Waals surface area contributed by atoms with Crippen LogP contribution in [0.4, 0.5) is 0 Å². The highest BCUT2D eigenvalue weighted by atomic mass is 16.6. The highest BCUT2D eigenvalue weighted by Crippen LogP contribution is 2.13. The Bertz CT molecular complexity index is 1380. The molecule has 340 valence electrons. The van der Waals surface area contributed by atoms with Gasteiger partial charge in [0, 0.05) is 19.3 Å². The van der Waals surface area contributed by atoms with Crippen LogP contribution < -0.4 is 0 Å². The first-order chi connectivity index (χ1) is 30.0. The van der Waals surface area contributed by atoms with E-state index in [1.165, 1.54) is 0 Å². The largest absolute Gasteiger partial charge is 0.462 e. The molecule has 0 N–H and O–H groups in total. The molecule has 1 unspecified atom stereocenters. The molecule has 0 fully saturated rings. The smallest absolute Gasteiger partial charge is 0.306 e. The highest BCUT2D eigenvalue weighted by Gasteiger charge is 2.19. The van der Waals surface area contributed by atoms with Crippen molar-refractivity contribution in [1.29, 1.82) is 0 Å². The quantitative estimate of drug-likeness (QED) is 0.0265. The lowest BCUT2D eigenvalue weighted by Gasteiger charge is -2.18. The monoisotopic (exact) mass is 841 g/mol. The van der Waals surface area contributed by atoms with Crippen LogP contribution in [0.5, 0.6) is 0 Å². The van der Waals surface area contributed by atoms with E-state index in [0.717, 1.165) is 135 Å². The number of rotatable bonds is 40. The lowest BCUT2D eigenvalue weighted by Crippen LogP contribution is -2.30. The molecule has 0 spiro atoms. The van der Waals surface area contributed by atoms with Gasteiger partial charge in [0.2, 0.25) is 0 Å². The van der Waals surface area contributed by atoms with Crippen LogP contribution >= 0.6 is 0 Å². The van der Waals surface area contributed by atoms with Crippen molar-refractivity contribution in [3.05, 3.63) is 134 Å². The zero-order chi connectivity index (χ0) is 44.4. The molecule has 0 saturated heterocycles. The van der Waals surface area contributed by atoms with Crippen LogP contribution in [0.2, 0.25) is 0 Å². The Morgan fingerprint density at radius 2 is 0.590 bits per heavy atom. The Hall–Kier alpha value is -4.45. The Balaban J connectivity index is 4.54. The molecule has 0 rings (SSSR count). The van der Waals surface area contributed by atoms with Crippen molar-refractivity contribution < 1.29 is 28.6 Å². The summed E-state index contributed by atoms with van der Waals surface area (Å²) in [5.74, 6) is -0.992. The van der Waals surface area contributed by atoms with Gasteiger partial charge in [0.25, 0.3) is 0 Å². The van der Waals surface area contributed by atoms with E-state index in [-0.39, 0.29) is 37.5 Å². The summed E-state index contributed by atoms with van der Waals surface area (Å²) in [6.45, 7) is 6.14. The molecule has 0 saturated carbocycles. The average Bonchev–Trinajstić information content (AvgIpc) is 3.26. The third-order valence-electron chi connectivity index (χ3n) is 9.38. The summed E-state index contributed by atoms with van der Waals surface area (Å²) in [6.07, 6.45) is 67.1. The van der Waals surface area contributed by atoms with Crippen molar-refractivity contribution >= 4 is 17.9 Å². The van der Waals surface area contributed by atoms with Crippen LogP contribution in [0, 0.1) is 0 Å². The minimum absolute atomic E-state index is 0.112. The summed E-state index contributed by atoms with van der Waals surface area (Å²) in [5, 5.41) is 0. The number of ether oxygens (including phenoxy) is 3. The third kappa shape index (κ3) is 46.5. The van der Waals surface area contributed by atoms with E-state index in [1.54, 1.807) is 0 Å². The molecule has 0 heterocycles. The predicted octanol–water partition coefficient (Wildman–Crippen LogP) is 15.5. The molecular weight excluding hydrogens is 757 g/mol. The minimum Gasteiger partial charge on any atom is -0.462 e. The molecule has 1 atom stereocenters. The second kappa shape index (κ2) is 48.2. The lowest BCUT2D eigenvalue weighted by molar-refractivity contribution is -0.167.